The molecular formula is C8H10IN. The Labute approximate surface area is 75.9 Å². The van der Waals surface area contributed by atoms with Gasteiger partial charge in [0.05, 0.1) is 6.07 Å². The van der Waals surface area contributed by atoms with Gasteiger partial charge in [0.25, 0.3) is 0 Å². The third-order valence-electron chi connectivity index (χ3n) is 1.38. The molecule has 0 saturated heterocycles. The Bertz CT molecular complexity index is 159. The number of nitrogens with zero attached hydrogens (tertiary/aromatic N) is 1. The summed E-state index contributed by atoms with van der Waals surface area (Å²) >= 11 is 2.28. The minimum atomic E-state index is -0.537. The van der Waals surface area contributed by atoms with Crippen LogP contribution in [0.15, 0.2) is 0 Å². The van der Waals surface area contributed by atoms with Crippen LogP contribution < -0.4 is 0 Å². The molecule has 2 heteroatoms. The fourth-order valence-corrected chi connectivity index (χ4v) is 0.962. The molecule has 0 rings (SSSR count). The first-order chi connectivity index (χ1) is 4.68. The number of halogens is 1. The lowest BCUT2D eigenvalue weighted by molar-refractivity contribution is 0.532. The molecule has 0 aliphatic rings. The van der Waals surface area contributed by atoms with E-state index < -0.39 is 5.41 Å². The normalized spacial score (nSPS) is 14.8. The molecule has 0 heterocycles. The Morgan fingerprint density at radius 1 is 1.70 bits per heavy atom. The van der Waals surface area contributed by atoms with E-state index in [1.165, 1.54) is 0 Å². The van der Waals surface area contributed by atoms with Crippen LogP contribution in [0.1, 0.15) is 19.8 Å². The molecule has 0 aromatic rings. The topological polar surface area (TPSA) is 23.8 Å². The molecule has 0 saturated carbocycles. The minimum Gasteiger partial charge on any atom is -0.197 e. The molecule has 0 aromatic carbocycles. The summed E-state index contributed by atoms with van der Waals surface area (Å²) in [5, 5.41) is 8.62. The first-order valence-electron chi connectivity index (χ1n) is 3.13. The van der Waals surface area contributed by atoms with Gasteiger partial charge in [-0.2, -0.15) is 5.26 Å². The van der Waals surface area contributed by atoms with Crippen LogP contribution in [-0.4, -0.2) is 4.43 Å². The Kier molecular flexibility index (Phi) is 4.47. The number of hydrogen-bond acceptors (Lipinski definition) is 1. The zero-order chi connectivity index (χ0) is 8.04. The van der Waals surface area contributed by atoms with Gasteiger partial charge in [0.2, 0.25) is 0 Å². The van der Waals surface area contributed by atoms with Crippen LogP contribution >= 0.6 is 22.6 Å². The van der Waals surface area contributed by atoms with Crippen LogP contribution in [0.2, 0.25) is 0 Å². The van der Waals surface area contributed by atoms with Crippen LogP contribution in [0, 0.1) is 29.1 Å². The quantitative estimate of drug-likeness (QED) is 0.426. The highest BCUT2D eigenvalue weighted by molar-refractivity contribution is 14.1. The summed E-state index contributed by atoms with van der Waals surface area (Å²) in [6, 6.07) is 2.12. The van der Waals surface area contributed by atoms with E-state index >= 15 is 0 Å². The molecule has 10 heavy (non-hydrogen) atoms. The van der Waals surface area contributed by atoms with Crippen molar-refractivity contribution in [3.8, 4) is 18.4 Å². The molecule has 54 valence electrons. The lowest BCUT2D eigenvalue weighted by atomic mass is 9.89. The fourth-order valence-electron chi connectivity index (χ4n) is 0.581. The molecule has 1 nitrogen and oxygen atoms in total. The standard InChI is InChI=1S/C8H10IN/c1-3-8(2,7-10)5-4-6-9/h1H,4-6H2,2H3/t8-/m1/s1. The number of terminal acetylenes is 1. The maximum absolute atomic E-state index is 8.62. The van der Waals surface area contributed by atoms with Gasteiger partial charge < -0.3 is 0 Å². The maximum Gasteiger partial charge on any atom is 0.115 e. The highest BCUT2D eigenvalue weighted by Gasteiger charge is 2.18. The molecular weight excluding hydrogens is 237 g/mol. The Hall–Kier alpha value is -0.220. The van der Waals surface area contributed by atoms with E-state index in [1.54, 1.807) is 6.92 Å². The molecule has 1 atom stereocenters. The van der Waals surface area contributed by atoms with Gasteiger partial charge in [-0.05, 0) is 24.2 Å². The van der Waals surface area contributed by atoms with Crippen LogP contribution in [0.4, 0.5) is 0 Å². The maximum atomic E-state index is 8.62. The first-order valence-corrected chi connectivity index (χ1v) is 4.66. The molecule has 0 fully saturated rings. The van der Waals surface area contributed by atoms with Crippen molar-refractivity contribution in [1.29, 1.82) is 5.26 Å². The van der Waals surface area contributed by atoms with Crippen LogP contribution in [0.3, 0.4) is 0 Å². The van der Waals surface area contributed by atoms with Gasteiger partial charge >= 0.3 is 0 Å². The summed E-state index contributed by atoms with van der Waals surface area (Å²) in [6.07, 6.45) is 7.01. The summed E-state index contributed by atoms with van der Waals surface area (Å²) in [7, 11) is 0. The molecule has 0 spiro atoms. The van der Waals surface area contributed by atoms with Gasteiger partial charge in [-0.15, -0.1) is 6.42 Å². The number of rotatable bonds is 3. The van der Waals surface area contributed by atoms with Gasteiger partial charge in [-0.3, -0.25) is 0 Å². The third kappa shape index (κ3) is 3.08. The summed E-state index contributed by atoms with van der Waals surface area (Å²) in [4.78, 5) is 0. The minimum absolute atomic E-state index is 0.537. The average Bonchev–Trinajstić information content (AvgIpc) is 2.00. The smallest absolute Gasteiger partial charge is 0.115 e. The largest absolute Gasteiger partial charge is 0.197 e. The monoisotopic (exact) mass is 247 g/mol. The van der Waals surface area contributed by atoms with E-state index in [1.807, 2.05) is 0 Å². The van der Waals surface area contributed by atoms with Crippen LogP contribution in [-0.2, 0) is 0 Å². The summed E-state index contributed by atoms with van der Waals surface area (Å²) < 4.78 is 1.07. The lowest BCUT2D eigenvalue weighted by Crippen LogP contribution is -2.10. The zero-order valence-electron chi connectivity index (χ0n) is 6.02. The lowest BCUT2D eigenvalue weighted by Gasteiger charge is -2.11. The van der Waals surface area contributed by atoms with Crippen molar-refractivity contribution in [3.05, 3.63) is 0 Å². The summed E-state index contributed by atoms with van der Waals surface area (Å²) in [5.74, 6) is 2.50. The highest BCUT2D eigenvalue weighted by atomic mass is 127. The fraction of sp³-hybridized carbons (Fsp3) is 0.625. The van der Waals surface area contributed by atoms with E-state index in [2.05, 4.69) is 34.6 Å². The second kappa shape index (κ2) is 4.57. The van der Waals surface area contributed by atoms with Crippen molar-refractivity contribution in [2.45, 2.75) is 19.8 Å². The van der Waals surface area contributed by atoms with Crippen LogP contribution in [0.25, 0.3) is 0 Å². The molecule has 0 amide bonds. The number of nitriles is 1. The second-order valence-corrected chi connectivity index (χ2v) is 3.46. The molecule has 0 N–H and O–H groups in total. The van der Waals surface area contributed by atoms with E-state index in [-0.39, 0.29) is 0 Å². The SMILES string of the molecule is C#C[C@@](C)(C#N)CCCI. The van der Waals surface area contributed by atoms with Gasteiger partial charge in [0.1, 0.15) is 5.41 Å². The second-order valence-electron chi connectivity index (χ2n) is 2.38. The van der Waals surface area contributed by atoms with E-state index in [9.17, 15) is 0 Å². The molecule has 0 radical (unpaired) electrons. The number of alkyl halides is 1. The van der Waals surface area contributed by atoms with Crippen molar-refractivity contribution in [2.75, 3.05) is 4.43 Å². The van der Waals surface area contributed by atoms with Gasteiger partial charge in [-0.25, -0.2) is 0 Å². The predicted octanol–water partition coefficient (Wildman–Crippen LogP) is 2.36. The highest BCUT2D eigenvalue weighted by Crippen LogP contribution is 2.20. The van der Waals surface area contributed by atoms with Crippen molar-refractivity contribution >= 4 is 22.6 Å². The van der Waals surface area contributed by atoms with Gasteiger partial charge in [0, 0.05) is 0 Å². The van der Waals surface area contributed by atoms with Crippen molar-refractivity contribution in [3.63, 3.8) is 0 Å². The average molecular weight is 247 g/mol. The molecule has 0 aromatic heterocycles. The third-order valence-corrected chi connectivity index (χ3v) is 2.14. The predicted molar refractivity (Wildman–Crippen MR) is 50.7 cm³/mol. The zero-order valence-corrected chi connectivity index (χ0v) is 8.18. The van der Waals surface area contributed by atoms with Gasteiger partial charge in [0.15, 0.2) is 0 Å². The molecule has 0 bridgehead atoms. The van der Waals surface area contributed by atoms with Gasteiger partial charge in [-0.1, -0.05) is 28.5 Å². The van der Waals surface area contributed by atoms with Crippen molar-refractivity contribution in [1.82, 2.24) is 0 Å². The first kappa shape index (κ1) is 9.78. The Morgan fingerprint density at radius 3 is 2.60 bits per heavy atom. The van der Waals surface area contributed by atoms with Crippen molar-refractivity contribution in [2.24, 2.45) is 5.41 Å². The van der Waals surface area contributed by atoms with Crippen molar-refractivity contribution < 1.29 is 0 Å². The molecule has 0 aliphatic carbocycles. The Morgan fingerprint density at radius 2 is 2.30 bits per heavy atom. The van der Waals surface area contributed by atoms with E-state index in [0.29, 0.717) is 0 Å². The summed E-state index contributed by atoms with van der Waals surface area (Å²) in [6.45, 7) is 1.80. The molecule has 0 aliphatic heterocycles. The number of hydrogen-bond donors (Lipinski definition) is 0. The summed E-state index contributed by atoms with van der Waals surface area (Å²) in [5.41, 5.74) is -0.537. The molecule has 0 unspecified atom stereocenters. The van der Waals surface area contributed by atoms with E-state index in [4.69, 9.17) is 11.7 Å². The Balaban J connectivity index is 3.88. The van der Waals surface area contributed by atoms with E-state index in [0.717, 1.165) is 17.3 Å². The van der Waals surface area contributed by atoms with Crippen LogP contribution in [0.5, 0.6) is 0 Å².